The molecule has 5 heteroatoms. The Bertz CT molecular complexity index is 830. The van der Waals surface area contributed by atoms with Crippen molar-refractivity contribution in [1.29, 1.82) is 0 Å². The molecular weight excluding hydrogens is 300 g/mol. The quantitative estimate of drug-likeness (QED) is 0.785. The Labute approximate surface area is 141 Å². The summed E-state index contributed by atoms with van der Waals surface area (Å²) in [6.45, 7) is 2.56. The van der Waals surface area contributed by atoms with Gasteiger partial charge in [-0.3, -0.25) is 15.0 Å². The summed E-state index contributed by atoms with van der Waals surface area (Å²) in [5.41, 5.74) is 1.20. The first kappa shape index (κ1) is 16.1. The highest BCUT2D eigenvalue weighted by atomic mass is 16.2. The SMILES string of the molecule is CC(C(=O)Nc1ncccn1)N(C)Cc1cccc2ccccc12. The topological polar surface area (TPSA) is 58.1 Å². The van der Waals surface area contributed by atoms with E-state index in [1.807, 2.05) is 37.1 Å². The average molecular weight is 320 g/mol. The lowest BCUT2D eigenvalue weighted by atomic mass is 10.0. The van der Waals surface area contributed by atoms with Crippen molar-refractivity contribution in [3.63, 3.8) is 0 Å². The Kier molecular flexibility index (Phi) is 4.82. The zero-order valence-corrected chi connectivity index (χ0v) is 13.8. The lowest BCUT2D eigenvalue weighted by Crippen LogP contribution is -2.39. The Balaban J connectivity index is 1.71. The summed E-state index contributed by atoms with van der Waals surface area (Å²) in [5, 5.41) is 5.16. The van der Waals surface area contributed by atoms with Gasteiger partial charge < -0.3 is 0 Å². The van der Waals surface area contributed by atoms with Gasteiger partial charge in [0.15, 0.2) is 0 Å². The van der Waals surface area contributed by atoms with Crippen LogP contribution in [0.5, 0.6) is 0 Å². The lowest BCUT2D eigenvalue weighted by Gasteiger charge is -2.24. The molecule has 0 saturated carbocycles. The number of hydrogen-bond donors (Lipinski definition) is 1. The summed E-state index contributed by atoms with van der Waals surface area (Å²) in [4.78, 5) is 22.4. The first-order valence-corrected chi connectivity index (χ1v) is 7.90. The van der Waals surface area contributed by atoms with Crippen molar-refractivity contribution in [1.82, 2.24) is 14.9 Å². The molecule has 0 spiro atoms. The van der Waals surface area contributed by atoms with Crippen molar-refractivity contribution in [2.75, 3.05) is 12.4 Å². The molecule has 1 amide bonds. The van der Waals surface area contributed by atoms with Gasteiger partial charge in [0.05, 0.1) is 6.04 Å². The van der Waals surface area contributed by atoms with E-state index in [0.717, 1.165) is 0 Å². The molecule has 2 aromatic carbocycles. The maximum atomic E-state index is 12.4. The Hall–Kier alpha value is -2.79. The molecule has 3 aromatic rings. The van der Waals surface area contributed by atoms with Crippen LogP contribution in [-0.4, -0.2) is 33.9 Å². The monoisotopic (exact) mass is 320 g/mol. The fraction of sp³-hybridized carbons (Fsp3) is 0.211. The van der Waals surface area contributed by atoms with Crippen molar-refractivity contribution >= 4 is 22.6 Å². The van der Waals surface area contributed by atoms with E-state index in [2.05, 4.69) is 39.6 Å². The number of anilines is 1. The number of aromatic nitrogens is 2. The van der Waals surface area contributed by atoms with Crippen molar-refractivity contribution in [3.05, 3.63) is 66.5 Å². The fourth-order valence-electron chi connectivity index (χ4n) is 2.61. The molecule has 0 aliphatic carbocycles. The predicted octanol–water partition coefficient (Wildman–Crippen LogP) is 3.09. The molecule has 5 nitrogen and oxygen atoms in total. The maximum Gasteiger partial charge on any atom is 0.243 e. The van der Waals surface area contributed by atoms with E-state index in [4.69, 9.17) is 0 Å². The number of benzene rings is 2. The summed E-state index contributed by atoms with van der Waals surface area (Å²) >= 11 is 0. The van der Waals surface area contributed by atoms with Crippen LogP contribution in [0.2, 0.25) is 0 Å². The molecule has 122 valence electrons. The minimum atomic E-state index is -0.298. The number of amides is 1. The minimum Gasteiger partial charge on any atom is -0.293 e. The van der Waals surface area contributed by atoms with Gasteiger partial charge in [0.25, 0.3) is 0 Å². The third kappa shape index (κ3) is 3.58. The summed E-state index contributed by atoms with van der Waals surface area (Å²) in [7, 11) is 1.94. The van der Waals surface area contributed by atoms with Gasteiger partial charge in [0.2, 0.25) is 11.9 Å². The molecule has 3 rings (SSSR count). The number of rotatable bonds is 5. The van der Waals surface area contributed by atoms with Gasteiger partial charge in [-0.25, -0.2) is 9.97 Å². The van der Waals surface area contributed by atoms with E-state index >= 15 is 0 Å². The van der Waals surface area contributed by atoms with E-state index in [1.54, 1.807) is 18.5 Å². The summed E-state index contributed by atoms with van der Waals surface area (Å²) in [5.74, 6) is 0.205. The van der Waals surface area contributed by atoms with Crippen LogP contribution in [0.25, 0.3) is 10.8 Å². The van der Waals surface area contributed by atoms with Gasteiger partial charge in [-0.1, -0.05) is 42.5 Å². The molecule has 1 N–H and O–H groups in total. The van der Waals surface area contributed by atoms with Gasteiger partial charge in [-0.05, 0) is 36.4 Å². The number of carbonyl (C=O) groups excluding carboxylic acids is 1. The molecule has 1 atom stereocenters. The van der Waals surface area contributed by atoms with Crippen LogP contribution >= 0.6 is 0 Å². The second-order valence-electron chi connectivity index (χ2n) is 5.79. The second kappa shape index (κ2) is 7.19. The number of fused-ring (bicyclic) bond motifs is 1. The van der Waals surface area contributed by atoms with Crippen LogP contribution in [0.15, 0.2) is 60.9 Å². The fourth-order valence-corrected chi connectivity index (χ4v) is 2.61. The van der Waals surface area contributed by atoms with Crippen LogP contribution in [0.3, 0.4) is 0 Å². The number of nitrogens with one attached hydrogen (secondary N) is 1. The maximum absolute atomic E-state index is 12.4. The van der Waals surface area contributed by atoms with Gasteiger partial charge in [0.1, 0.15) is 0 Å². The van der Waals surface area contributed by atoms with Crippen molar-refractivity contribution < 1.29 is 4.79 Å². The van der Waals surface area contributed by atoms with Crippen LogP contribution in [0.1, 0.15) is 12.5 Å². The van der Waals surface area contributed by atoms with Crippen molar-refractivity contribution in [2.24, 2.45) is 0 Å². The summed E-state index contributed by atoms with van der Waals surface area (Å²) in [6.07, 6.45) is 3.21. The first-order chi connectivity index (χ1) is 11.6. The van der Waals surface area contributed by atoms with E-state index in [0.29, 0.717) is 12.5 Å². The summed E-state index contributed by atoms with van der Waals surface area (Å²) < 4.78 is 0. The lowest BCUT2D eigenvalue weighted by molar-refractivity contribution is -0.120. The molecule has 0 saturated heterocycles. The number of likely N-dealkylation sites (N-methyl/N-ethyl adjacent to an activating group) is 1. The Morgan fingerprint density at radius 3 is 2.58 bits per heavy atom. The third-order valence-corrected chi connectivity index (χ3v) is 4.14. The number of carbonyl (C=O) groups is 1. The molecule has 0 bridgehead atoms. The van der Waals surface area contributed by atoms with E-state index < -0.39 is 0 Å². The first-order valence-electron chi connectivity index (χ1n) is 7.90. The molecule has 0 fully saturated rings. The van der Waals surface area contributed by atoms with Gasteiger partial charge >= 0.3 is 0 Å². The van der Waals surface area contributed by atoms with E-state index in [9.17, 15) is 4.79 Å². The number of hydrogen-bond acceptors (Lipinski definition) is 4. The van der Waals surface area contributed by atoms with Crippen LogP contribution in [0.4, 0.5) is 5.95 Å². The minimum absolute atomic E-state index is 0.121. The highest BCUT2D eigenvalue weighted by Crippen LogP contribution is 2.20. The Morgan fingerprint density at radius 1 is 1.08 bits per heavy atom. The number of nitrogens with zero attached hydrogens (tertiary/aromatic N) is 3. The normalized spacial score (nSPS) is 12.3. The zero-order chi connectivity index (χ0) is 16.9. The largest absolute Gasteiger partial charge is 0.293 e. The molecule has 1 heterocycles. The summed E-state index contributed by atoms with van der Waals surface area (Å²) in [6, 6.07) is 15.9. The van der Waals surface area contributed by atoms with Crippen LogP contribution in [-0.2, 0) is 11.3 Å². The van der Waals surface area contributed by atoms with E-state index in [1.165, 1.54) is 16.3 Å². The molecule has 24 heavy (non-hydrogen) atoms. The molecule has 0 aliphatic heterocycles. The standard InChI is InChI=1S/C19H20N4O/c1-14(18(24)22-19-20-11-6-12-21-19)23(2)13-16-9-5-8-15-7-3-4-10-17(15)16/h3-12,14H,13H2,1-2H3,(H,20,21,22,24). The highest BCUT2D eigenvalue weighted by Gasteiger charge is 2.19. The Morgan fingerprint density at radius 2 is 1.79 bits per heavy atom. The molecular formula is C19H20N4O. The smallest absolute Gasteiger partial charge is 0.243 e. The van der Waals surface area contributed by atoms with Crippen LogP contribution in [0, 0.1) is 0 Å². The molecule has 0 aliphatic rings. The molecule has 1 unspecified atom stereocenters. The zero-order valence-electron chi connectivity index (χ0n) is 13.8. The highest BCUT2D eigenvalue weighted by molar-refractivity contribution is 5.93. The predicted molar refractivity (Wildman–Crippen MR) is 95.5 cm³/mol. The molecule has 0 radical (unpaired) electrons. The van der Waals surface area contributed by atoms with Gasteiger partial charge in [-0.15, -0.1) is 0 Å². The van der Waals surface area contributed by atoms with Crippen molar-refractivity contribution in [3.8, 4) is 0 Å². The van der Waals surface area contributed by atoms with Gasteiger partial charge in [0, 0.05) is 18.9 Å². The molecule has 1 aromatic heterocycles. The third-order valence-electron chi connectivity index (χ3n) is 4.14. The second-order valence-corrected chi connectivity index (χ2v) is 5.79. The van der Waals surface area contributed by atoms with Crippen molar-refractivity contribution in [2.45, 2.75) is 19.5 Å². The van der Waals surface area contributed by atoms with Crippen LogP contribution < -0.4 is 5.32 Å². The van der Waals surface area contributed by atoms with E-state index in [-0.39, 0.29) is 11.9 Å². The average Bonchev–Trinajstić information content (AvgIpc) is 2.62. The van der Waals surface area contributed by atoms with Gasteiger partial charge in [-0.2, -0.15) is 0 Å².